The van der Waals surface area contributed by atoms with Gasteiger partial charge in [0.1, 0.15) is 0 Å². The van der Waals surface area contributed by atoms with E-state index in [1.807, 2.05) is 6.92 Å². The summed E-state index contributed by atoms with van der Waals surface area (Å²) in [6, 6.07) is 0.0311. The minimum Gasteiger partial charge on any atom is -0.392 e. The molecular weight excluding hydrogens is 206 g/mol. The number of alkyl halides is 2. The van der Waals surface area contributed by atoms with Crippen molar-refractivity contribution in [3.05, 3.63) is 0 Å². The summed E-state index contributed by atoms with van der Waals surface area (Å²) in [5, 5.41) is 0. The lowest BCUT2D eigenvalue weighted by Crippen LogP contribution is -2.46. The van der Waals surface area contributed by atoms with E-state index in [4.69, 9.17) is 18.0 Å². The van der Waals surface area contributed by atoms with Gasteiger partial charge in [-0.15, -0.1) is 0 Å². The molecule has 0 aliphatic carbocycles. The van der Waals surface area contributed by atoms with Crippen LogP contribution in [0, 0.1) is 5.92 Å². The average molecular weight is 222 g/mol. The maximum Gasteiger partial charge on any atom is 0.241 e. The molecule has 0 aromatic rings. The zero-order valence-corrected chi connectivity index (χ0v) is 9.07. The van der Waals surface area contributed by atoms with Crippen LogP contribution in [0.5, 0.6) is 0 Å². The van der Waals surface area contributed by atoms with Gasteiger partial charge in [-0.25, -0.2) is 8.78 Å². The molecule has 1 unspecified atom stereocenters. The number of hydrogen-bond donors (Lipinski definition) is 1. The van der Waals surface area contributed by atoms with Crippen LogP contribution in [0.3, 0.4) is 0 Å². The fourth-order valence-electron chi connectivity index (χ4n) is 1.74. The largest absolute Gasteiger partial charge is 0.392 e. The molecule has 2 nitrogen and oxygen atoms in total. The summed E-state index contributed by atoms with van der Waals surface area (Å²) in [4.78, 5) is 2.52. The Hall–Kier alpha value is -0.290. The van der Waals surface area contributed by atoms with Crippen LogP contribution >= 0.6 is 12.2 Å². The lowest BCUT2D eigenvalue weighted by molar-refractivity contribution is 0.0325. The molecule has 0 saturated carbocycles. The second kappa shape index (κ2) is 4.98. The van der Waals surface area contributed by atoms with Crippen molar-refractivity contribution < 1.29 is 8.78 Å². The second-order valence-corrected chi connectivity index (χ2v) is 4.26. The number of nitrogens with two attached hydrogens (primary N) is 1. The monoisotopic (exact) mass is 222 g/mol. The Bertz CT molecular complexity index is 203. The maximum absolute atomic E-state index is 12.3. The van der Waals surface area contributed by atoms with Crippen LogP contribution in [0.25, 0.3) is 0 Å². The molecule has 0 spiro atoms. The van der Waals surface area contributed by atoms with Crippen LogP contribution in [0.2, 0.25) is 0 Å². The number of rotatable bonds is 3. The molecule has 82 valence electrons. The molecule has 1 aliphatic rings. The highest BCUT2D eigenvalue weighted by molar-refractivity contribution is 7.80. The quantitative estimate of drug-likeness (QED) is 0.736. The van der Waals surface area contributed by atoms with E-state index in [0.717, 1.165) is 0 Å². The minimum atomic E-state index is -2.18. The molecule has 1 rings (SSSR count). The third-order valence-corrected chi connectivity index (χ3v) is 3.23. The number of halogens is 2. The van der Waals surface area contributed by atoms with Gasteiger partial charge in [-0.05, 0) is 32.9 Å². The van der Waals surface area contributed by atoms with Crippen LogP contribution in [0.15, 0.2) is 0 Å². The van der Waals surface area contributed by atoms with Gasteiger partial charge in [0.2, 0.25) is 6.43 Å². The highest BCUT2D eigenvalue weighted by Gasteiger charge is 2.28. The summed E-state index contributed by atoms with van der Waals surface area (Å²) >= 11 is 4.87. The van der Waals surface area contributed by atoms with Crippen LogP contribution in [-0.4, -0.2) is 35.4 Å². The first-order valence-electron chi connectivity index (χ1n) is 4.84. The molecule has 0 amide bonds. The molecule has 0 bridgehead atoms. The van der Waals surface area contributed by atoms with E-state index in [0.29, 0.717) is 30.9 Å². The van der Waals surface area contributed by atoms with E-state index < -0.39 is 12.3 Å². The van der Waals surface area contributed by atoms with Crippen molar-refractivity contribution in [2.24, 2.45) is 11.7 Å². The van der Waals surface area contributed by atoms with Crippen molar-refractivity contribution in [1.29, 1.82) is 0 Å². The second-order valence-electron chi connectivity index (χ2n) is 3.79. The van der Waals surface area contributed by atoms with Gasteiger partial charge in [0.25, 0.3) is 0 Å². The summed E-state index contributed by atoms with van der Waals surface area (Å²) in [5.74, 6) is -0.440. The molecule has 5 heteroatoms. The van der Waals surface area contributed by atoms with Crippen LogP contribution < -0.4 is 5.73 Å². The predicted octanol–water partition coefficient (Wildman–Crippen LogP) is 1.64. The molecule has 14 heavy (non-hydrogen) atoms. The highest BCUT2D eigenvalue weighted by atomic mass is 32.1. The molecule has 1 atom stereocenters. The van der Waals surface area contributed by atoms with Crippen LogP contribution in [-0.2, 0) is 0 Å². The van der Waals surface area contributed by atoms with Crippen molar-refractivity contribution in [3.8, 4) is 0 Å². The zero-order valence-electron chi connectivity index (χ0n) is 8.25. The van der Waals surface area contributed by atoms with Crippen LogP contribution in [0.1, 0.15) is 19.8 Å². The van der Waals surface area contributed by atoms with Gasteiger partial charge in [0.15, 0.2) is 0 Å². The Morgan fingerprint density at radius 1 is 1.43 bits per heavy atom. The topological polar surface area (TPSA) is 29.3 Å². The van der Waals surface area contributed by atoms with Crippen molar-refractivity contribution in [2.45, 2.75) is 32.2 Å². The molecule has 1 fully saturated rings. The average Bonchev–Trinajstić information content (AvgIpc) is 2.16. The number of thiocarbonyl (C=S) groups is 1. The maximum atomic E-state index is 12.3. The van der Waals surface area contributed by atoms with E-state index in [2.05, 4.69) is 4.90 Å². The smallest absolute Gasteiger partial charge is 0.241 e. The summed E-state index contributed by atoms with van der Waals surface area (Å²) in [5.41, 5.74) is 5.50. The first-order chi connectivity index (χ1) is 6.52. The van der Waals surface area contributed by atoms with Crippen LogP contribution in [0.4, 0.5) is 8.78 Å². The van der Waals surface area contributed by atoms with E-state index in [1.54, 1.807) is 0 Å². The van der Waals surface area contributed by atoms with Gasteiger partial charge in [-0.1, -0.05) is 12.2 Å². The summed E-state index contributed by atoms with van der Waals surface area (Å²) in [6.07, 6.45) is -1.09. The van der Waals surface area contributed by atoms with Crippen molar-refractivity contribution in [3.63, 3.8) is 0 Å². The van der Waals surface area contributed by atoms with E-state index >= 15 is 0 Å². The first kappa shape index (κ1) is 11.8. The van der Waals surface area contributed by atoms with E-state index in [-0.39, 0.29) is 6.04 Å². The molecule has 0 aromatic carbocycles. The standard InChI is InChI=1S/C9H16F2N2S/c1-6(9(12)14)13-4-2-7(3-5-13)8(10)11/h6-8H,2-5H2,1H3,(H2,12,14). The van der Waals surface area contributed by atoms with E-state index in [1.165, 1.54) is 0 Å². The van der Waals surface area contributed by atoms with Gasteiger partial charge in [-0.2, -0.15) is 0 Å². The minimum absolute atomic E-state index is 0.0311. The van der Waals surface area contributed by atoms with E-state index in [9.17, 15) is 8.78 Å². The highest BCUT2D eigenvalue weighted by Crippen LogP contribution is 2.24. The zero-order chi connectivity index (χ0) is 10.7. The SMILES string of the molecule is CC(C(N)=S)N1CCC(C(F)F)CC1. The van der Waals surface area contributed by atoms with Gasteiger partial charge < -0.3 is 5.73 Å². The molecule has 1 saturated heterocycles. The van der Waals surface area contributed by atoms with Gasteiger partial charge >= 0.3 is 0 Å². The lowest BCUT2D eigenvalue weighted by Gasteiger charge is -2.35. The summed E-state index contributed by atoms with van der Waals surface area (Å²) in [7, 11) is 0. The molecule has 0 radical (unpaired) electrons. The summed E-state index contributed by atoms with van der Waals surface area (Å²) in [6.45, 7) is 3.27. The Kier molecular flexibility index (Phi) is 4.19. The number of likely N-dealkylation sites (tertiary alicyclic amines) is 1. The summed E-state index contributed by atoms with van der Waals surface area (Å²) < 4.78 is 24.7. The normalized spacial score (nSPS) is 22.6. The van der Waals surface area contributed by atoms with Gasteiger partial charge in [-0.3, -0.25) is 4.90 Å². The third kappa shape index (κ3) is 2.85. The number of piperidine rings is 1. The molecule has 1 heterocycles. The lowest BCUT2D eigenvalue weighted by atomic mass is 9.96. The molecule has 0 aromatic heterocycles. The fraction of sp³-hybridized carbons (Fsp3) is 0.889. The fourth-order valence-corrected chi connectivity index (χ4v) is 1.89. The molecular formula is C9H16F2N2S. The number of nitrogens with zero attached hydrogens (tertiary/aromatic N) is 1. The predicted molar refractivity (Wildman–Crippen MR) is 56.5 cm³/mol. The number of hydrogen-bond acceptors (Lipinski definition) is 2. The Morgan fingerprint density at radius 2 is 1.93 bits per heavy atom. The van der Waals surface area contributed by atoms with Gasteiger partial charge in [0, 0.05) is 5.92 Å². The molecule has 2 N–H and O–H groups in total. The Morgan fingerprint density at radius 3 is 2.29 bits per heavy atom. The Labute approximate surface area is 88.4 Å². The first-order valence-corrected chi connectivity index (χ1v) is 5.24. The van der Waals surface area contributed by atoms with Crippen molar-refractivity contribution in [1.82, 2.24) is 4.90 Å². The molecule has 1 aliphatic heterocycles. The van der Waals surface area contributed by atoms with Crippen molar-refractivity contribution >= 4 is 17.2 Å². The van der Waals surface area contributed by atoms with Crippen molar-refractivity contribution in [2.75, 3.05) is 13.1 Å². The van der Waals surface area contributed by atoms with Gasteiger partial charge in [0.05, 0.1) is 11.0 Å². The Balaban J connectivity index is 2.39. The third-order valence-electron chi connectivity index (χ3n) is 2.89.